The molecule has 1 aromatic heterocycles. The van der Waals surface area contributed by atoms with Crippen molar-refractivity contribution >= 4 is 44.3 Å². The van der Waals surface area contributed by atoms with Crippen LogP contribution in [0.3, 0.4) is 0 Å². The van der Waals surface area contributed by atoms with Crippen molar-refractivity contribution in [2.45, 2.75) is 11.1 Å². The Labute approximate surface area is 132 Å². The van der Waals surface area contributed by atoms with E-state index in [9.17, 15) is 8.42 Å². The first-order chi connectivity index (χ1) is 9.83. The minimum atomic E-state index is -3.66. The van der Waals surface area contributed by atoms with Gasteiger partial charge in [-0.2, -0.15) is 0 Å². The molecule has 0 radical (unpaired) electrons. The number of rotatable bonds is 5. The Bertz CT molecular complexity index is 782. The first kappa shape index (κ1) is 15.7. The Kier molecular flexibility index (Phi) is 4.50. The van der Waals surface area contributed by atoms with Crippen molar-refractivity contribution in [2.24, 2.45) is 5.73 Å². The topological polar surface area (TPSA) is 81.4 Å². The fraction of sp³-hybridized carbons (Fsp3) is 0.154. The Morgan fingerprint density at radius 3 is 2.57 bits per heavy atom. The SMILES string of the molecule is COc1ccc(NS(=O)(=O)c2ccc(C(N)=S)s2)c(C)c1. The third kappa shape index (κ3) is 3.52. The number of thiophene rings is 1. The van der Waals surface area contributed by atoms with Gasteiger partial charge < -0.3 is 10.5 Å². The van der Waals surface area contributed by atoms with E-state index in [0.717, 1.165) is 16.9 Å². The molecule has 112 valence electrons. The van der Waals surface area contributed by atoms with Crippen molar-refractivity contribution in [1.82, 2.24) is 0 Å². The maximum Gasteiger partial charge on any atom is 0.271 e. The van der Waals surface area contributed by atoms with E-state index in [-0.39, 0.29) is 9.20 Å². The Hall–Kier alpha value is -1.64. The molecule has 0 saturated heterocycles. The fourth-order valence-corrected chi connectivity index (χ4v) is 4.15. The number of hydrogen-bond donors (Lipinski definition) is 2. The van der Waals surface area contributed by atoms with Gasteiger partial charge in [0.25, 0.3) is 10.0 Å². The fourth-order valence-electron chi connectivity index (χ4n) is 1.67. The molecule has 1 aromatic carbocycles. The van der Waals surface area contributed by atoms with Gasteiger partial charge in [0.1, 0.15) is 14.9 Å². The van der Waals surface area contributed by atoms with Gasteiger partial charge in [0, 0.05) is 0 Å². The predicted molar refractivity (Wildman–Crippen MR) is 88.7 cm³/mol. The van der Waals surface area contributed by atoms with Crippen LogP contribution in [0, 0.1) is 6.92 Å². The number of anilines is 1. The van der Waals surface area contributed by atoms with Gasteiger partial charge >= 0.3 is 0 Å². The number of nitrogens with two attached hydrogens (primary N) is 1. The van der Waals surface area contributed by atoms with Crippen LogP contribution in [-0.4, -0.2) is 20.5 Å². The summed E-state index contributed by atoms with van der Waals surface area (Å²) in [7, 11) is -2.10. The van der Waals surface area contributed by atoms with Gasteiger partial charge in [-0.15, -0.1) is 11.3 Å². The molecule has 0 spiro atoms. The van der Waals surface area contributed by atoms with Crippen LogP contribution in [-0.2, 0) is 10.0 Å². The second-order valence-electron chi connectivity index (χ2n) is 4.27. The van der Waals surface area contributed by atoms with Crippen LogP contribution in [0.5, 0.6) is 5.75 Å². The van der Waals surface area contributed by atoms with Crippen molar-refractivity contribution in [2.75, 3.05) is 11.8 Å². The molecule has 0 fully saturated rings. The number of methoxy groups -OCH3 is 1. The summed E-state index contributed by atoms with van der Waals surface area (Å²) in [5, 5.41) is 0. The van der Waals surface area contributed by atoms with Crippen molar-refractivity contribution < 1.29 is 13.2 Å². The van der Waals surface area contributed by atoms with Crippen molar-refractivity contribution in [3.05, 3.63) is 40.8 Å². The van der Waals surface area contributed by atoms with Gasteiger partial charge in [-0.25, -0.2) is 8.42 Å². The Morgan fingerprint density at radius 2 is 2.05 bits per heavy atom. The highest BCUT2D eigenvalue weighted by molar-refractivity contribution is 7.94. The lowest BCUT2D eigenvalue weighted by molar-refractivity contribution is 0.414. The van der Waals surface area contributed by atoms with Crippen LogP contribution in [0.4, 0.5) is 5.69 Å². The quantitative estimate of drug-likeness (QED) is 0.816. The number of aryl methyl sites for hydroxylation is 1. The summed E-state index contributed by atoms with van der Waals surface area (Å²) in [5.41, 5.74) is 6.76. The number of nitrogens with one attached hydrogen (secondary N) is 1. The second kappa shape index (κ2) is 6.00. The summed E-state index contributed by atoms with van der Waals surface area (Å²) in [6.45, 7) is 1.80. The van der Waals surface area contributed by atoms with E-state index in [1.807, 2.05) is 0 Å². The number of hydrogen-bond acceptors (Lipinski definition) is 5. The zero-order chi connectivity index (χ0) is 15.6. The van der Waals surface area contributed by atoms with E-state index in [1.54, 1.807) is 38.3 Å². The standard InChI is InChI=1S/C13H14N2O3S3/c1-8-7-9(18-2)3-4-10(8)15-21(16,17)12-6-5-11(20-12)13(14)19/h3-7,15H,1-2H3,(H2,14,19). The second-order valence-corrected chi connectivity index (χ2v) is 7.70. The number of sulfonamides is 1. The minimum absolute atomic E-state index is 0.167. The summed E-state index contributed by atoms with van der Waals surface area (Å²) in [4.78, 5) is 0.749. The smallest absolute Gasteiger partial charge is 0.271 e. The van der Waals surface area contributed by atoms with Crippen molar-refractivity contribution in [1.29, 1.82) is 0 Å². The molecule has 1 heterocycles. The molecule has 0 aliphatic rings. The van der Waals surface area contributed by atoms with E-state index in [2.05, 4.69) is 4.72 Å². The monoisotopic (exact) mass is 342 g/mol. The maximum atomic E-state index is 12.3. The highest BCUT2D eigenvalue weighted by Gasteiger charge is 2.18. The average molecular weight is 342 g/mol. The molecule has 2 aromatic rings. The molecule has 0 amide bonds. The summed E-state index contributed by atoms with van der Waals surface area (Å²) >= 11 is 5.87. The van der Waals surface area contributed by atoms with E-state index < -0.39 is 10.0 Å². The van der Waals surface area contributed by atoms with E-state index >= 15 is 0 Å². The molecule has 21 heavy (non-hydrogen) atoms. The largest absolute Gasteiger partial charge is 0.497 e. The van der Waals surface area contributed by atoms with Crippen LogP contribution in [0.2, 0.25) is 0 Å². The van der Waals surface area contributed by atoms with Gasteiger partial charge in [0.2, 0.25) is 0 Å². The third-order valence-electron chi connectivity index (χ3n) is 2.77. The molecule has 8 heteroatoms. The highest BCUT2D eigenvalue weighted by Crippen LogP contribution is 2.27. The Morgan fingerprint density at radius 1 is 1.33 bits per heavy atom. The number of benzene rings is 1. The molecule has 0 bridgehead atoms. The predicted octanol–water partition coefficient (Wildman–Crippen LogP) is 2.50. The zero-order valence-corrected chi connectivity index (χ0v) is 13.9. The molecule has 0 aliphatic carbocycles. The summed E-state index contributed by atoms with van der Waals surface area (Å²) < 4.78 is 32.5. The molecule has 2 rings (SSSR count). The van der Waals surface area contributed by atoms with Crippen molar-refractivity contribution in [3.63, 3.8) is 0 Å². The van der Waals surface area contributed by atoms with Gasteiger partial charge in [0.15, 0.2) is 0 Å². The molecule has 3 N–H and O–H groups in total. The Balaban J connectivity index is 2.30. The first-order valence-corrected chi connectivity index (χ1v) is 8.61. The van der Waals surface area contributed by atoms with Crippen molar-refractivity contribution in [3.8, 4) is 5.75 Å². The van der Waals surface area contributed by atoms with E-state index in [1.165, 1.54) is 6.07 Å². The number of thiocarbonyl (C=S) groups is 1. The van der Waals surface area contributed by atoms with Crippen LogP contribution in [0.15, 0.2) is 34.5 Å². The molecule has 0 atom stereocenters. The van der Waals surface area contributed by atoms with Crippen LogP contribution < -0.4 is 15.2 Å². The van der Waals surface area contributed by atoms with Gasteiger partial charge in [-0.05, 0) is 42.8 Å². The molecule has 0 saturated carbocycles. The zero-order valence-electron chi connectivity index (χ0n) is 11.4. The minimum Gasteiger partial charge on any atom is -0.497 e. The lowest BCUT2D eigenvalue weighted by atomic mass is 10.2. The lowest BCUT2D eigenvalue weighted by Crippen LogP contribution is -2.12. The highest BCUT2D eigenvalue weighted by atomic mass is 32.2. The molecular formula is C13H14N2O3S3. The normalized spacial score (nSPS) is 11.1. The average Bonchev–Trinajstić information content (AvgIpc) is 2.91. The molecule has 0 aliphatic heterocycles. The molecule has 5 nitrogen and oxygen atoms in total. The van der Waals surface area contributed by atoms with E-state index in [0.29, 0.717) is 16.3 Å². The van der Waals surface area contributed by atoms with E-state index in [4.69, 9.17) is 22.7 Å². The first-order valence-electron chi connectivity index (χ1n) is 5.90. The van der Waals surface area contributed by atoms with Crippen LogP contribution >= 0.6 is 23.6 Å². The molecular weight excluding hydrogens is 328 g/mol. The van der Waals surface area contributed by atoms with Gasteiger partial charge in [-0.1, -0.05) is 12.2 Å². The summed E-state index contributed by atoms with van der Waals surface area (Å²) in [5.74, 6) is 0.669. The summed E-state index contributed by atoms with van der Waals surface area (Å²) in [6.07, 6.45) is 0. The maximum absolute atomic E-state index is 12.3. The number of ether oxygens (including phenoxy) is 1. The lowest BCUT2D eigenvalue weighted by Gasteiger charge is -2.10. The third-order valence-corrected chi connectivity index (χ3v) is 6.09. The van der Waals surface area contributed by atoms with Crippen LogP contribution in [0.1, 0.15) is 10.4 Å². The molecule has 0 unspecified atom stereocenters. The van der Waals surface area contributed by atoms with Crippen LogP contribution in [0.25, 0.3) is 0 Å². The van der Waals surface area contributed by atoms with Gasteiger partial charge in [-0.3, -0.25) is 4.72 Å². The summed E-state index contributed by atoms with van der Waals surface area (Å²) in [6, 6.07) is 8.20. The van der Waals surface area contributed by atoms with Gasteiger partial charge in [0.05, 0.1) is 17.7 Å².